The highest BCUT2D eigenvalue weighted by Crippen LogP contribution is 2.23. The number of aryl methyl sites for hydroxylation is 1. The van der Waals surface area contributed by atoms with Crippen molar-refractivity contribution in [3.63, 3.8) is 0 Å². The fourth-order valence-electron chi connectivity index (χ4n) is 3.17. The van der Waals surface area contributed by atoms with Gasteiger partial charge in [-0.05, 0) is 55.2 Å². The van der Waals surface area contributed by atoms with E-state index in [4.69, 9.17) is 0 Å². The van der Waals surface area contributed by atoms with E-state index in [-0.39, 0.29) is 11.7 Å². The molecule has 0 atom stereocenters. The lowest BCUT2D eigenvalue weighted by Gasteiger charge is -2.14. The number of nitrogens with one attached hydrogen (secondary N) is 2. The van der Waals surface area contributed by atoms with E-state index in [1.54, 1.807) is 6.07 Å². The van der Waals surface area contributed by atoms with E-state index >= 15 is 0 Å². The molecule has 1 amide bonds. The van der Waals surface area contributed by atoms with Crippen LogP contribution >= 0.6 is 0 Å². The molecule has 4 heteroatoms. The summed E-state index contributed by atoms with van der Waals surface area (Å²) in [5.74, 6) is -0.323. The average Bonchev–Trinajstić information content (AvgIpc) is 3.06. The molecule has 0 radical (unpaired) electrons. The summed E-state index contributed by atoms with van der Waals surface area (Å²) in [6, 6.07) is 14.8. The summed E-state index contributed by atoms with van der Waals surface area (Å²) in [5.41, 5.74) is 2.67. The Labute approximate surface area is 142 Å². The monoisotopic (exact) mass is 326 g/mol. The van der Waals surface area contributed by atoms with Crippen LogP contribution in [0.2, 0.25) is 0 Å². The van der Waals surface area contributed by atoms with Gasteiger partial charge in [0.25, 0.3) is 0 Å². The average molecular weight is 326 g/mol. The summed E-state index contributed by atoms with van der Waals surface area (Å²) < 4.78 is 13.1. The maximum Gasteiger partial charge on any atom is 0.224 e. The Morgan fingerprint density at radius 3 is 2.58 bits per heavy atom. The first-order chi connectivity index (χ1) is 11.7. The van der Waals surface area contributed by atoms with Gasteiger partial charge < -0.3 is 10.6 Å². The Balaban J connectivity index is 1.52. The number of rotatable bonds is 6. The molecule has 0 aromatic heterocycles. The second-order valence-corrected chi connectivity index (χ2v) is 6.38. The third-order valence-electron chi connectivity index (χ3n) is 4.40. The van der Waals surface area contributed by atoms with Crippen molar-refractivity contribution < 1.29 is 9.18 Å². The minimum Gasteiger partial charge on any atom is -0.382 e. The van der Waals surface area contributed by atoms with Gasteiger partial charge in [0, 0.05) is 23.8 Å². The number of carbonyl (C=O) groups excluding carboxylic acids is 1. The first kappa shape index (κ1) is 16.5. The second-order valence-electron chi connectivity index (χ2n) is 6.38. The molecule has 1 saturated carbocycles. The Bertz CT molecular complexity index is 696. The summed E-state index contributed by atoms with van der Waals surface area (Å²) in [4.78, 5) is 12.1. The van der Waals surface area contributed by atoms with E-state index in [0.717, 1.165) is 16.9 Å². The van der Waals surface area contributed by atoms with Gasteiger partial charge >= 0.3 is 0 Å². The third-order valence-corrected chi connectivity index (χ3v) is 4.40. The maximum absolute atomic E-state index is 13.1. The van der Waals surface area contributed by atoms with Gasteiger partial charge in [-0.1, -0.05) is 31.0 Å². The molecule has 2 aromatic carbocycles. The lowest BCUT2D eigenvalue weighted by Crippen LogP contribution is -2.15. The van der Waals surface area contributed by atoms with Crippen LogP contribution in [0.1, 0.15) is 37.7 Å². The number of amides is 1. The van der Waals surface area contributed by atoms with Crippen molar-refractivity contribution in [3.8, 4) is 0 Å². The molecule has 126 valence electrons. The lowest BCUT2D eigenvalue weighted by atomic mass is 10.1. The van der Waals surface area contributed by atoms with Gasteiger partial charge in [0.05, 0.1) is 0 Å². The third kappa shape index (κ3) is 4.82. The Hall–Kier alpha value is -2.36. The largest absolute Gasteiger partial charge is 0.382 e. The van der Waals surface area contributed by atoms with E-state index in [9.17, 15) is 9.18 Å². The maximum atomic E-state index is 13.1. The van der Waals surface area contributed by atoms with E-state index in [1.807, 2.05) is 30.3 Å². The Morgan fingerprint density at radius 1 is 1.04 bits per heavy atom. The van der Waals surface area contributed by atoms with Gasteiger partial charge in [-0.2, -0.15) is 0 Å². The molecule has 0 saturated heterocycles. The van der Waals surface area contributed by atoms with Crippen LogP contribution in [0.3, 0.4) is 0 Å². The number of hydrogen-bond donors (Lipinski definition) is 2. The zero-order valence-electron chi connectivity index (χ0n) is 13.7. The van der Waals surface area contributed by atoms with Crippen molar-refractivity contribution in [2.45, 2.75) is 44.6 Å². The van der Waals surface area contributed by atoms with Crippen LogP contribution in [-0.4, -0.2) is 11.9 Å². The van der Waals surface area contributed by atoms with Crippen LogP contribution in [0.4, 0.5) is 15.8 Å². The van der Waals surface area contributed by atoms with E-state index < -0.39 is 0 Å². The van der Waals surface area contributed by atoms with Crippen LogP contribution in [-0.2, 0) is 11.2 Å². The van der Waals surface area contributed by atoms with Crippen molar-refractivity contribution in [3.05, 3.63) is 59.9 Å². The molecule has 0 aliphatic heterocycles. The lowest BCUT2D eigenvalue weighted by molar-refractivity contribution is -0.116. The highest BCUT2D eigenvalue weighted by atomic mass is 19.1. The minimum atomic E-state index is -0.265. The summed E-state index contributed by atoms with van der Waals surface area (Å²) in [5, 5.41) is 6.44. The minimum absolute atomic E-state index is 0.0581. The van der Waals surface area contributed by atoms with E-state index in [0.29, 0.717) is 18.9 Å². The number of hydrogen-bond acceptors (Lipinski definition) is 2. The normalized spacial score (nSPS) is 14.5. The molecule has 3 rings (SSSR count). The SMILES string of the molecule is O=C(CCc1cccc(F)c1)Nc1cccc(NC2CCCC2)c1. The molecule has 1 fully saturated rings. The highest BCUT2D eigenvalue weighted by molar-refractivity contribution is 5.91. The van der Waals surface area contributed by atoms with Crippen molar-refractivity contribution >= 4 is 17.3 Å². The predicted molar refractivity (Wildman–Crippen MR) is 95.7 cm³/mol. The fourth-order valence-corrected chi connectivity index (χ4v) is 3.17. The van der Waals surface area contributed by atoms with Gasteiger partial charge in [-0.3, -0.25) is 4.79 Å². The van der Waals surface area contributed by atoms with Crippen LogP contribution in [0.5, 0.6) is 0 Å². The van der Waals surface area contributed by atoms with Crippen molar-refractivity contribution in [1.29, 1.82) is 0 Å². The zero-order chi connectivity index (χ0) is 16.8. The molecule has 0 spiro atoms. The standard InChI is InChI=1S/C20H23FN2O/c21-16-6-3-5-15(13-16)11-12-20(24)23-19-10-4-9-18(14-19)22-17-7-1-2-8-17/h3-6,9-10,13-14,17,22H,1-2,7-8,11-12H2,(H,23,24). The summed E-state index contributed by atoms with van der Waals surface area (Å²) >= 11 is 0. The van der Waals surface area contributed by atoms with Crippen molar-refractivity contribution in [2.24, 2.45) is 0 Å². The summed E-state index contributed by atoms with van der Waals surface area (Å²) in [6.07, 6.45) is 5.87. The molecule has 0 bridgehead atoms. The molecule has 3 nitrogen and oxygen atoms in total. The summed E-state index contributed by atoms with van der Waals surface area (Å²) in [6.45, 7) is 0. The fraction of sp³-hybridized carbons (Fsp3) is 0.350. The second kappa shape index (κ2) is 7.95. The van der Waals surface area contributed by atoms with Crippen molar-refractivity contribution in [1.82, 2.24) is 0 Å². The van der Waals surface area contributed by atoms with Gasteiger partial charge in [0.2, 0.25) is 5.91 Å². The topological polar surface area (TPSA) is 41.1 Å². The molecular weight excluding hydrogens is 303 g/mol. The Kier molecular flexibility index (Phi) is 5.47. The highest BCUT2D eigenvalue weighted by Gasteiger charge is 2.14. The van der Waals surface area contributed by atoms with Gasteiger partial charge in [0.15, 0.2) is 0 Å². The Morgan fingerprint density at radius 2 is 1.79 bits per heavy atom. The van der Waals surface area contributed by atoms with Crippen LogP contribution in [0.15, 0.2) is 48.5 Å². The molecule has 1 aliphatic carbocycles. The molecular formula is C20H23FN2O. The summed E-state index contributed by atoms with van der Waals surface area (Å²) in [7, 11) is 0. The molecule has 0 unspecified atom stereocenters. The molecule has 2 N–H and O–H groups in total. The number of benzene rings is 2. The number of halogens is 1. The first-order valence-corrected chi connectivity index (χ1v) is 8.60. The smallest absolute Gasteiger partial charge is 0.224 e. The molecule has 0 heterocycles. The van der Waals surface area contributed by atoms with E-state index in [2.05, 4.69) is 10.6 Å². The first-order valence-electron chi connectivity index (χ1n) is 8.60. The number of anilines is 2. The molecule has 2 aromatic rings. The molecule has 1 aliphatic rings. The zero-order valence-corrected chi connectivity index (χ0v) is 13.7. The van der Waals surface area contributed by atoms with Crippen LogP contribution in [0, 0.1) is 5.82 Å². The number of carbonyl (C=O) groups is 1. The van der Waals surface area contributed by atoms with Gasteiger partial charge in [0.1, 0.15) is 5.82 Å². The predicted octanol–water partition coefficient (Wildman–Crippen LogP) is 4.75. The van der Waals surface area contributed by atoms with Crippen molar-refractivity contribution in [2.75, 3.05) is 10.6 Å². The van der Waals surface area contributed by atoms with Crippen LogP contribution in [0.25, 0.3) is 0 Å². The molecule has 24 heavy (non-hydrogen) atoms. The van der Waals surface area contributed by atoms with Gasteiger partial charge in [-0.25, -0.2) is 4.39 Å². The van der Waals surface area contributed by atoms with E-state index in [1.165, 1.54) is 37.8 Å². The quantitative estimate of drug-likeness (QED) is 0.804. The van der Waals surface area contributed by atoms with Crippen LogP contribution < -0.4 is 10.6 Å². The van der Waals surface area contributed by atoms with Gasteiger partial charge in [-0.15, -0.1) is 0 Å².